The first-order valence-electron chi connectivity index (χ1n) is 10.2. The van der Waals surface area contributed by atoms with E-state index >= 15 is 0 Å². The number of rotatable bonds is 5. The Labute approximate surface area is 197 Å². The second-order valence-electron chi connectivity index (χ2n) is 7.31. The summed E-state index contributed by atoms with van der Waals surface area (Å²) in [4.78, 5) is 29.4. The maximum absolute atomic E-state index is 13.1. The molecule has 0 bridgehead atoms. The van der Waals surface area contributed by atoms with Gasteiger partial charge in [0.25, 0.3) is 0 Å². The van der Waals surface area contributed by atoms with Gasteiger partial charge < -0.3 is 9.47 Å². The molecule has 0 aliphatic rings. The van der Waals surface area contributed by atoms with E-state index in [1.807, 2.05) is 0 Å². The van der Waals surface area contributed by atoms with Crippen LogP contribution in [0, 0.1) is 0 Å². The Morgan fingerprint density at radius 3 is 2.09 bits per heavy atom. The van der Waals surface area contributed by atoms with Crippen molar-refractivity contribution in [1.29, 1.82) is 0 Å². The molecule has 4 rings (SSSR count). The molecular weight excluding hydrogens is 463 g/mol. The van der Waals surface area contributed by atoms with E-state index in [4.69, 9.17) is 9.47 Å². The molecule has 0 atom stereocenters. The standard InChI is InChI=1S/C25H18F3N3O4/c1-34-23(32)20-21(30-31(22(20)24(33)35-2)18-6-4-3-5-7-18)16-10-8-15(9-11-16)19-14-17(12-13-29-19)25(26,27)28/h3-14H,1-2H3. The van der Waals surface area contributed by atoms with Gasteiger partial charge in [-0.25, -0.2) is 14.3 Å². The lowest BCUT2D eigenvalue weighted by atomic mass is 10.0. The summed E-state index contributed by atoms with van der Waals surface area (Å²) >= 11 is 0. The van der Waals surface area contributed by atoms with Gasteiger partial charge in [0, 0.05) is 17.3 Å². The topological polar surface area (TPSA) is 83.3 Å². The van der Waals surface area contributed by atoms with Crippen LogP contribution in [-0.2, 0) is 15.7 Å². The van der Waals surface area contributed by atoms with E-state index in [2.05, 4.69) is 10.1 Å². The van der Waals surface area contributed by atoms with Crippen molar-refractivity contribution in [2.24, 2.45) is 0 Å². The molecule has 2 aromatic heterocycles. The molecule has 0 N–H and O–H groups in total. The number of esters is 2. The normalized spacial score (nSPS) is 11.2. The van der Waals surface area contributed by atoms with Crippen LogP contribution in [0.1, 0.15) is 26.4 Å². The third-order valence-corrected chi connectivity index (χ3v) is 5.20. The van der Waals surface area contributed by atoms with Crippen LogP contribution in [0.15, 0.2) is 72.9 Å². The number of halogens is 3. The van der Waals surface area contributed by atoms with Crippen molar-refractivity contribution in [3.8, 4) is 28.2 Å². The zero-order valence-corrected chi connectivity index (χ0v) is 18.5. The molecule has 0 aliphatic carbocycles. The zero-order valence-electron chi connectivity index (χ0n) is 18.5. The second kappa shape index (κ2) is 9.41. The quantitative estimate of drug-likeness (QED) is 0.365. The van der Waals surface area contributed by atoms with Crippen molar-refractivity contribution in [1.82, 2.24) is 14.8 Å². The van der Waals surface area contributed by atoms with Crippen LogP contribution in [0.2, 0.25) is 0 Å². The molecule has 4 aromatic rings. The van der Waals surface area contributed by atoms with Gasteiger partial charge in [-0.2, -0.15) is 18.3 Å². The third-order valence-electron chi connectivity index (χ3n) is 5.20. The molecule has 0 saturated heterocycles. The van der Waals surface area contributed by atoms with Gasteiger partial charge in [0.2, 0.25) is 0 Å². The van der Waals surface area contributed by atoms with Gasteiger partial charge in [-0.3, -0.25) is 4.98 Å². The lowest BCUT2D eigenvalue weighted by Crippen LogP contribution is -2.15. The molecule has 0 unspecified atom stereocenters. The van der Waals surface area contributed by atoms with Crippen LogP contribution in [-0.4, -0.2) is 40.9 Å². The van der Waals surface area contributed by atoms with Gasteiger partial charge in [-0.05, 0) is 24.3 Å². The number of ether oxygens (including phenoxy) is 2. The first kappa shape index (κ1) is 23.7. The Bertz CT molecular complexity index is 1380. The SMILES string of the molecule is COC(=O)c1c(-c2ccc(-c3cc(C(F)(F)F)ccn3)cc2)nn(-c2ccccc2)c1C(=O)OC. The van der Waals surface area contributed by atoms with Gasteiger partial charge in [-0.15, -0.1) is 0 Å². The molecule has 0 saturated carbocycles. The van der Waals surface area contributed by atoms with Crippen LogP contribution in [0.25, 0.3) is 28.2 Å². The van der Waals surface area contributed by atoms with Gasteiger partial charge in [0.15, 0.2) is 5.69 Å². The molecule has 0 amide bonds. The van der Waals surface area contributed by atoms with Crippen molar-refractivity contribution in [3.05, 3.63) is 89.7 Å². The first-order chi connectivity index (χ1) is 16.7. The Balaban J connectivity index is 1.85. The summed E-state index contributed by atoms with van der Waals surface area (Å²) in [5.41, 5.74) is 0.598. The summed E-state index contributed by atoms with van der Waals surface area (Å²) in [7, 11) is 2.36. The lowest BCUT2D eigenvalue weighted by molar-refractivity contribution is -0.137. The summed E-state index contributed by atoms with van der Waals surface area (Å²) in [6, 6.07) is 16.8. The van der Waals surface area contributed by atoms with Crippen molar-refractivity contribution in [2.75, 3.05) is 14.2 Å². The van der Waals surface area contributed by atoms with Crippen molar-refractivity contribution in [2.45, 2.75) is 6.18 Å². The molecule has 0 fully saturated rings. The minimum atomic E-state index is -4.50. The molecule has 0 spiro atoms. The fraction of sp³-hybridized carbons (Fsp3) is 0.120. The first-order valence-corrected chi connectivity index (χ1v) is 10.2. The largest absolute Gasteiger partial charge is 0.465 e. The number of nitrogens with zero attached hydrogens (tertiary/aromatic N) is 3. The lowest BCUT2D eigenvalue weighted by Gasteiger charge is -2.08. The van der Waals surface area contributed by atoms with E-state index < -0.39 is 23.7 Å². The minimum absolute atomic E-state index is 0.104. The van der Waals surface area contributed by atoms with E-state index in [1.165, 1.54) is 18.9 Å². The van der Waals surface area contributed by atoms with E-state index in [-0.39, 0.29) is 22.6 Å². The average molecular weight is 481 g/mol. The van der Waals surface area contributed by atoms with Crippen LogP contribution in [0.5, 0.6) is 0 Å². The van der Waals surface area contributed by atoms with E-state index in [0.717, 1.165) is 18.3 Å². The summed E-state index contributed by atoms with van der Waals surface area (Å²) in [6.45, 7) is 0. The molecule has 2 heterocycles. The summed E-state index contributed by atoms with van der Waals surface area (Å²) < 4.78 is 50.3. The van der Waals surface area contributed by atoms with Crippen molar-refractivity contribution in [3.63, 3.8) is 0 Å². The molecule has 0 radical (unpaired) electrons. The number of methoxy groups -OCH3 is 2. The predicted octanol–water partition coefficient (Wildman–Crippen LogP) is 5.19. The van der Waals surface area contributed by atoms with E-state index in [0.29, 0.717) is 16.8 Å². The van der Waals surface area contributed by atoms with Crippen LogP contribution >= 0.6 is 0 Å². The summed E-state index contributed by atoms with van der Waals surface area (Å²) in [6.07, 6.45) is -3.41. The van der Waals surface area contributed by atoms with Gasteiger partial charge in [-0.1, -0.05) is 42.5 Å². The van der Waals surface area contributed by atoms with Crippen molar-refractivity contribution >= 4 is 11.9 Å². The van der Waals surface area contributed by atoms with Gasteiger partial charge in [0.1, 0.15) is 11.3 Å². The Hall–Kier alpha value is -4.47. The molecule has 2 aromatic carbocycles. The van der Waals surface area contributed by atoms with Crippen LogP contribution < -0.4 is 0 Å². The second-order valence-corrected chi connectivity index (χ2v) is 7.31. The number of aromatic nitrogens is 3. The number of pyridine rings is 1. The van der Waals surface area contributed by atoms with E-state index in [9.17, 15) is 22.8 Å². The van der Waals surface area contributed by atoms with Crippen LogP contribution in [0.4, 0.5) is 13.2 Å². The summed E-state index contributed by atoms with van der Waals surface area (Å²) in [5, 5.41) is 4.49. The number of hydrogen-bond donors (Lipinski definition) is 0. The number of alkyl halides is 3. The molecule has 10 heteroatoms. The molecule has 0 aliphatic heterocycles. The number of carbonyl (C=O) groups excluding carboxylic acids is 2. The molecule has 35 heavy (non-hydrogen) atoms. The maximum atomic E-state index is 13.1. The van der Waals surface area contributed by atoms with Gasteiger partial charge in [0.05, 0.1) is 31.2 Å². The zero-order chi connectivity index (χ0) is 25.2. The predicted molar refractivity (Wildman–Crippen MR) is 120 cm³/mol. The van der Waals surface area contributed by atoms with Gasteiger partial charge >= 0.3 is 18.1 Å². The Morgan fingerprint density at radius 2 is 1.49 bits per heavy atom. The van der Waals surface area contributed by atoms with Crippen molar-refractivity contribution < 1.29 is 32.2 Å². The summed E-state index contributed by atoms with van der Waals surface area (Å²) in [5.74, 6) is -1.59. The maximum Gasteiger partial charge on any atom is 0.416 e. The number of hydrogen-bond acceptors (Lipinski definition) is 6. The molecular formula is C25H18F3N3O4. The highest BCUT2D eigenvalue weighted by atomic mass is 19.4. The highest BCUT2D eigenvalue weighted by Crippen LogP contribution is 2.33. The number of benzene rings is 2. The Morgan fingerprint density at radius 1 is 0.857 bits per heavy atom. The van der Waals surface area contributed by atoms with Crippen LogP contribution in [0.3, 0.4) is 0 Å². The average Bonchev–Trinajstić information content (AvgIpc) is 3.28. The highest BCUT2D eigenvalue weighted by Gasteiger charge is 2.32. The smallest absolute Gasteiger partial charge is 0.416 e. The highest BCUT2D eigenvalue weighted by molar-refractivity contribution is 6.06. The number of carbonyl (C=O) groups is 2. The fourth-order valence-electron chi connectivity index (χ4n) is 3.52. The minimum Gasteiger partial charge on any atom is -0.465 e. The fourth-order valence-corrected chi connectivity index (χ4v) is 3.52. The molecule has 7 nitrogen and oxygen atoms in total. The number of para-hydroxylation sites is 1. The molecule has 178 valence electrons. The third kappa shape index (κ3) is 4.63. The monoisotopic (exact) mass is 481 g/mol. The Kier molecular flexibility index (Phi) is 6.37. The van der Waals surface area contributed by atoms with E-state index in [1.54, 1.807) is 54.6 Å².